The first kappa shape index (κ1) is 30.8. The Morgan fingerprint density at radius 3 is 1.52 bits per heavy atom. The normalized spacial score (nSPS) is 11.9. The predicted octanol–water partition coefficient (Wildman–Crippen LogP) is 13.3. The van der Waals surface area contributed by atoms with Gasteiger partial charge in [-0.3, -0.25) is 0 Å². The van der Waals surface area contributed by atoms with Crippen molar-refractivity contribution in [3.05, 3.63) is 182 Å². The summed E-state index contributed by atoms with van der Waals surface area (Å²) < 4.78 is 9.08. The number of furan rings is 1. The van der Waals surface area contributed by atoms with Crippen molar-refractivity contribution in [3.8, 4) is 39.9 Å². The molecule has 0 radical (unpaired) electrons. The highest BCUT2D eigenvalue weighted by Crippen LogP contribution is 2.42. The van der Waals surface area contributed by atoms with Crippen LogP contribution in [0.3, 0.4) is 0 Å². The fraction of sp³-hybridized carbons (Fsp3) is 0. The van der Waals surface area contributed by atoms with Crippen LogP contribution >= 0.6 is 0 Å². The number of hydrogen-bond donors (Lipinski definition) is 0. The van der Waals surface area contributed by atoms with Crippen molar-refractivity contribution in [1.29, 1.82) is 0 Å². The fourth-order valence-corrected chi connectivity index (χ4v) is 8.47. The second-order valence-electron chi connectivity index (χ2n) is 14.5. The molecule has 0 unspecified atom stereocenters. The van der Waals surface area contributed by atoms with Crippen molar-refractivity contribution in [2.75, 3.05) is 0 Å². The van der Waals surface area contributed by atoms with E-state index in [0.717, 1.165) is 66.1 Å². The Bertz CT molecular complexity index is 3460. The molecule has 0 spiro atoms. The molecular formula is C51H30N4O. The van der Waals surface area contributed by atoms with E-state index >= 15 is 0 Å². The summed E-state index contributed by atoms with van der Waals surface area (Å²) in [6.45, 7) is 0. The second-order valence-corrected chi connectivity index (χ2v) is 14.5. The van der Waals surface area contributed by atoms with Crippen molar-refractivity contribution in [2.24, 2.45) is 0 Å². The maximum Gasteiger partial charge on any atom is 0.164 e. The van der Waals surface area contributed by atoms with Crippen LogP contribution in [-0.4, -0.2) is 19.5 Å². The van der Waals surface area contributed by atoms with E-state index in [0.29, 0.717) is 17.5 Å². The summed E-state index contributed by atoms with van der Waals surface area (Å²) in [5.74, 6) is 1.79. The molecule has 0 amide bonds. The molecule has 0 saturated carbocycles. The largest absolute Gasteiger partial charge is 0.456 e. The van der Waals surface area contributed by atoms with E-state index in [2.05, 4.69) is 174 Å². The maximum absolute atomic E-state index is 6.69. The van der Waals surface area contributed by atoms with Crippen molar-refractivity contribution < 1.29 is 4.42 Å². The number of benzene rings is 9. The van der Waals surface area contributed by atoms with Gasteiger partial charge in [0.1, 0.15) is 11.2 Å². The molecule has 56 heavy (non-hydrogen) atoms. The molecule has 5 nitrogen and oxygen atoms in total. The molecule has 0 aliphatic rings. The molecule has 0 saturated heterocycles. The molecule has 9 aromatic carbocycles. The van der Waals surface area contributed by atoms with Gasteiger partial charge in [-0.25, -0.2) is 15.0 Å². The zero-order chi connectivity index (χ0) is 36.7. The number of hydrogen-bond acceptors (Lipinski definition) is 4. The van der Waals surface area contributed by atoms with Crippen molar-refractivity contribution in [1.82, 2.24) is 19.5 Å². The summed E-state index contributed by atoms with van der Waals surface area (Å²) in [6.07, 6.45) is 0. The first-order valence-corrected chi connectivity index (χ1v) is 18.8. The van der Waals surface area contributed by atoms with Crippen LogP contribution in [0.5, 0.6) is 0 Å². The summed E-state index contributed by atoms with van der Waals surface area (Å²) >= 11 is 0. The Labute approximate surface area is 320 Å². The molecule has 3 heterocycles. The van der Waals surface area contributed by atoms with Crippen LogP contribution in [-0.2, 0) is 0 Å². The van der Waals surface area contributed by atoms with Crippen LogP contribution < -0.4 is 0 Å². The molecule has 0 atom stereocenters. The van der Waals surface area contributed by atoms with Gasteiger partial charge in [-0.05, 0) is 80.8 Å². The van der Waals surface area contributed by atoms with Crippen molar-refractivity contribution in [3.63, 3.8) is 0 Å². The van der Waals surface area contributed by atoms with Gasteiger partial charge < -0.3 is 8.98 Å². The zero-order valence-corrected chi connectivity index (χ0v) is 30.0. The van der Waals surface area contributed by atoms with Gasteiger partial charge in [0, 0.05) is 32.8 Å². The fourth-order valence-electron chi connectivity index (χ4n) is 8.47. The minimum atomic E-state index is 0.571. The Morgan fingerprint density at radius 1 is 0.339 bits per heavy atom. The molecule has 0 aliphatic heterocycles. The summed E-state index contributed by atoms with van der Waals surface area (Å²) in [4.78, 5) is 15.6. The number of nitrogens with zero attached hydrogens (tertiary/aromatic N) is 4. The van der Waals surface area contributed by atoms with Crippen molar-refractivity contribution in [2.45, 2.75) is 0 Å². The number of rotatable bonds is 4. The Hall–Kier alpha value is -7.63. The van der Waals surface area contributed by atoms with E-state index in [9.17, 15) is 0 Å². The van der Waals surface area contributed by atoms with E-state index in [1.165, 1.54) is 32.3 Å². The van der Waals surface area contributed by atoms with Gasteiger partial charge in [0.15, 0.2) is 17.5 Å². The van der Waals surface area contributed by atoms with Crippen LogP contribution in [0.15, 0.2) is 186 Å². The minimum absolute atomic E-state index is 0.571. The molecule has 0 aliphatic carbocycles. The van der Waals surface area contributed by atoms with Gasteiger partial charge in [-0.2, -0.15) is 0 Å². The monoisotopic (exact) mass is 714 g/mol. The Balaban J connectivity index is 1.17. The summed E-state index contributed by atoms with van der Waals surface area (Å²) in [6, 6.07) is 64.0. The maximum atomic E-state index is 6.69. The van der Waals surface area contributed by atoms with Crippen LogP contribution in [0, 0.1) is 0 Å². The molecule has 12 aromatic rings. The molecule has 5 heteroatoms. The van der Waals surface area contributed by atoms with Crippen molar-refractivity contribution >= 4 is 76.1 Å². The van der Waals surface area contributed by atoms with Gasteiger partial charge in [-0.15, -0.1) is 0 Å². The van der Waals surface area contributed by atoms with E-state index in [-0.39, 0.29) is 0 Å². The molecule has 3 aromatic heterocycles. The Morgan fingerprint density at radius 2 is 0.857 bits per heavy atom. The lowest BCUT2D eigenvalue weighted by atomic mass is 10.0. The average molecular weight is 715 g/mol. The minimum Gasteiger partial charge on any atom is -0.456 e. The van der Waals surface area contributed by atoms with Gasteiger partial charge >= 0.3 is 0 Å². The molecule has 0 N–H and O–H groups in total. The van der Waals surface area contributed by atoms with E-state index in [1.807, 2.05) is 12.1 Å². The first-order valence-electron chi connectivity index (χ1n) is 18.8. The van der Waals surface area contributed by atoms with Crippen LogP contribution in [0.1, 0.15) is 0 Å². The third-order valence-corrected chi connectivity index (χ3v) is 11.1. The summed E-state index contributed by atoms with van der Waals surface area (Å²) in [7, 11) is 0. The van der Waals surface area contributed by atoms with Gasteiger partial charge in [0.2, 0.25) is 0 Å². The lowest BCUT2D eigenvalue weighted by molar-refractivity contribution is 0.669. The highest BCUT2D eigenvalue weighted by molar-refractivity contribution is 6.17. The molecule has 12 rings (SSSR count). The van der Waals surface area contributed by atoms with Gasteiger partial charge in [0.25, 0.3) is 0 Å². The summed E-state index contributed by atoms with van der Waals surface area (Å²) in [5, 5.41) is 11.5. The predicted molar refractivity (Wildman–Crippen MR) is 230 cm³/mol. The SMILES string of the molecule is c1ccc2cc(-c3nc(-c4ccc5ccccc5c4)nc(-c4cc(-n5c6ccccc6c6cc7ccccc7cc65)c5c(c4)oc4ccccc45)n3)ccc2c1. The zero-order valence-electron chi connectivity index (χ0n) is 30.0. The summed E-state index contributed by atoms with van der Waals surface area (Å²) in [5.41, 5.74) is 7.53. The average Bonchev–Trinajstić information content (AvgIpc) is 3.80. The lowest BCUT2D eigenvalue weighted by Gasteiger charge is -2.14. The standard InChI is InChI=1S/C51H30N4O/c1-3-13-33-25-37(23-21-31(33)11-1)49-52-50(38-24-22-32-12-2-4-14-34(32)26-38)54-51(53-49)39-29-45(48-41-18-8-10-20-46(41)56-47(48)30-39)55-43-19-9-7-17-40(43)42-27-35-15-5-6-16-36(35)28-44(42)55/h1-30H. The number of para-hydroxylation sites is 2. The van der Waals surface area contributed by atoms with E-state index < -0.39 is 0 Å². The quantitative estimate of drug-likeness (QED) is 0.182. The molecule has 0 bridgehead atoms. The van der Waals surface area contributed by atoms with Crippen LogP contribution in [0.4, 0.5) is 0 Å². The van der Waals surface area contributed by atoms with Gasteiger partial charge in [0.05, 0.1) is 22.1 Å². The molecule has 0 fully saturated rings. The topological polar surface area (TPSA) is 56.7 Å². The number of aromatic nitrogens is 4. The second kappa shape index (κ2) is 11.9. The smallest absolute Gasteiger partial charge is 0.164 e. The molecule has 260 valence electrons. The van der Waals surface area contributed by atoms with Gasteiger partial charge in [-0.1, -0.05) is 133 Å². The van der Waals surface area contributed by atoms with Crippen LogP contribution in [0.25, 0.3) is 116 Å². The highest BCUT2D eigenvalue weighted by atomic mass is 16.3. The third-order valence-electron chi connectivity index (χ3n) is 11.1. The number of fused-ring (bicyclic) bond motifs is 9. The lowest BCUT2D eigenvalue weighted by Crippen LogP contribution is -2.01. The van der Waals surface area contributed by atoms with Crippen LogP contribution in [0.2, 0.25) is 0 Å². The molecular weight excluding hydrogens is 685 g/mol. The first-order chi connectivity index (χ1) is 27.7. The van der Waals surface area contributed by atoms with E-state index in [1.54, 1.807) is 0 Å². The highest BCUT2D eigenvalue weighted by Gasteiger charge is 2.22. The Kier molecular flexibility index (Phi) is 6.56. The van der Waals surface area contributed by atoms with E-state index in [4.69, 9.17) is 19.4 Å². The third kappa shape index (κ3) is 4.78.